The molecule has 1 saturated carbocycles. The van der Waals surface area contributed by atoms with Crippen molar-refractivity contribution in [3.8, 4) is 0 Å². The quantitative estimate of drug-likeness (QED) is 0.334. The van der Waals surface area contributed by atoms with Crippen molar-refractivity contribution in [2.45, 2.75) is 44.9 Å². The first kappa shape index (κ1) is 22.0. The maximum atomic E-state index is 11.0. The van der Waals surface area contributed by atoms with Crippen molar-refractivity contribution >= 4 is 11.4 Å². The number of benzene rings is 1. The number of nitrogens with zero attached hydrogens (tertiary/aromatic N) is 4. The zero-order valence-corrected chi connectivity index (χ0v) is 17.8. The van der Waals surface area contributed by atoms with Crippen LogP contribution in [0.25, 0.3) is 0 Å². The summed E-state index contributed by atoms with van der Waals surface area (Å²) in [7, 11) is 2.06. The maximum Gasteiger partial charge on any atom is 0.271 e. The van der Waals surface area contributed by atoms with Gasteiger partial charge in [-0.1, -0.05) is 25.3 Å². The third-order valence-corrected chi connectivity index (χ3v) is 6.23. The summed E-state index contributed by atoms with van der Waals surface area (Å²) in [4.78, 5) is 21.3. The first-order valence-corrected chi connectivity index (χ1v) is 11.2. The Morgan fingerprint density at radius 3 is 2.62 bits per heavy atom. The van der Waals surface area contributed by atoms with E-state index in [4.69, 9.17) is 4.84 Å². The number of non-ortho nitro benzene ring substituents is 1. The van der Waals surface area contributed by atoms with Gasteiger partial charge < -0.3 is 4.90 Å². The van der Waals surface area contributed by atoms with Crippen LogP contribution in [0.2, 0.25) is 0 Å². The molecular formula is C22H36N4O3. The normalized spacial score (nSPS) is 19.0. The average molecular weight is 405 g/mol. The Morgan fingerprint density at radius 1 is 1.14 bits per heavy atom. The van der Waals surface area contributed by atoms with Gasteiger partial charge in [-0.15, -0.1) is 0 Å². The molecule has 7 nitrogen and oxygen atoms in total. The van der Waals surface area contributed by atoms with Gasteiger partial charge in [-0.05, 0) is 44.2 Å². The molecule has 1 aliphatic heterocycles. The zero-order valence-electron chi connectivity index (χ0n) is 17.8. The molecule has 2 aliphatic rings. The number of hydrogen-bond acceptors (Lipinski definition) is 6. The van der Waals surface area contributed by atoms with Gasteiger partial charge in [0.2, 0.25) is 0 Å². The van der Waals surface area contributed by atoms with E-state index in [-0.39, 0.29) is 10.6 Å². The largest absolute Gasteiger partial charge is 0.369 e. The molecule has 1 heterocycles. The van der Waals surface area contributed by atoms with E-state index in [2.05, 4.69) is 16.8 Å². The Bertz CT molecular complexity index is 628. The molecule has 29 heavy (non-hydrogen) atoms. The van der Waals surface area contributed by atoms with Crippen LogP contribution in [0.3, 0.4) is 0 Å². The van der Waals surface area contributed by atoms with Crippen LogP contribution in [0.5, 0.6) is 0 Å². The van der Waals surface area contributed by atoms with E-state index < -0.39 is 0 Å². The van der Waals surface area contributed by atoms with Crippen LogP contribution >= 0.6 is 0 Å². The fourth-order valence-electron chi connectivity index (χ4n) is 4.35. The number of rotatable bonds is 10. The number of piperazine rings is 1. The van der Waals surface area contributed by atoms with Gasteiger partial charge in [-0.25, -0.2) is 0 Å². The molecule has 2 fully saturated rings. The van der Waals surface area contributed by atoms with E-state index in [1.807, 2.05) is 11.1 Å². The molecule has 0 spiro atoms. The fraction of sp³-hybridized carbons (Fsp3) is 0.727. The standard InChI is InChI=1S/C22H36N4O3/c1-23(29-19-20-8-3-2-4-9-20)12-5-6-13-24-14-16-25(17-15-24)21-10-7-11-22(18-21)26(27)28/h7,10-11,18,20H,2-6,8-9,12-17,19H2,1H3. The zero-order chi connectivity index (χ0) is 20.5. The lowest BCUT2D eigenvalue weighted by Crippen LogP contribution is -2.46. The van der Waals surface area contributed by atoms with Gasteiger partial charge in [-0.2, -0.15) is 5.06 Å². The molecule has 0 radical (unpaired) electrons. The second-order valence-electron chi connectivity index (χ2n) is 8.46. The molecule has 0 N–H and O–H groups in total. The van der Waals surface area contributed by atoms with Crippen LogP contribution in [0.1, 0.15) is 44.9 Å². The summed E-state index contributed by atoms with van der Waals surface area (Å²) in [6.07, 6.45) is 9.11. The van der Waals surface area contributed by atoms with E-state index >= 15 is 0 Å². The molecule has 0 unspecified atom stereocenters. The summed E-state index contributed by atoms with van der Waals surface area (Å²) in [5.74, 6) is 0.758. The lowest BCUT2D eigenvalue weighted by Gasteiger charge is -2.36. The second kappa shape index (κ2) is 11.5. The van der Waals surface area contributed by atoms with Crippen molar-refractivity contribution in [2.75, 3.05) is 57.8 Å². The highest BCUT2D eigenvalue weighted by Crippen LogP contribution is 2.24. The summed E-state index contributed by atoms with van der Waals surface area (Å²) < 4.78 is 0. The first-order chi connectivity index (χ1) is 14.1. The van der Waals surface area contributed by atoms with E-state index in [9.17, 15) is 10.1 Å². The molecule has 1 aromatic rings. The molecule has 1 saturated heterocycles. The summed E-state index contributed by atoms with van der Waals surface area (Å²) in [5, 5.41) is 13.0. The van der Waals surface area contributed by atoms with Crippen molar-refractivity contribution in [2.24, 2.45) is 5.92 Å². The van der Waals surface area contributed by atoms with Gasteiger partial charge in [0.05, 0.1) is 11.5 Å². The second-order valence-corrected chi connectivity index (χ2v) is 8.46. The molecule has 0 amide bonds. The minimum absolute atomic E-state index is 0.166. The predicted octanol–water partition coefficient (Wildman–Crippen LogP) is 3.94. The van der Waals surface area contributed by atoms with E-state index in [0.29, 0.717) is 0 Å². The van der Waals surface area contributed by atoms with Gasteiger partial charge >= 0.3 is 0 Å². The minimum atomic E-state index is -0.324. The maximum absolute atomic E-state index is 11.0. The summed E-state index contributed by atoms with van der Waals surface area (Å²) in [5.41, 5.74) is 1.12. The monoisotopic (exact) mass is 404 g/mol. The molecule has 0 aromatic heterocycles. The molecule has 0 bridgehead atoms. The molecule has 0 atom stereocenters. The van der Waals surface area contributed by atoms with E-state index in [1.165, 1.54) is 38.5 Å². The van der Waals surface area contributed by atoms with Crippen LogP contribution in [0.15, 0.2) is 24.3 Å². The lowest BCUT2D eigenvalue weighted by atomic mass is 9.90. The van der Waals surface area contributed by atoms with Crippen LogP contribution in [0, 0.1) is 16.0 Å². The highest BCUT2D eigenvalue weighted by molar-refractivity contribution is 5.53. The van der Waals surface area contributed by atoms with Crippen molar-refractivity contribution in [1.29, 1.82) is 0 Å². The molecule has 7 heteroatoms. The van der Waals surface area contributed by atoms with Crippen LogP contribution in [0.4, 0.5) is 11.4 Å². The van der Waals surface area contributed by atoms with E-state index in [1.54, 1.807) is 18.2 Å². The average Bonchev–Trinajstić information content (AvgIpc) is 2.76. The van der Waals surface area contributed by atoms with Gasteiger partial charge in [0, 0.05) is 57.6 Å². The summed E-state index contributed by atoms with van der Waals surface area (Å²) in [6, 6.07) is 6.97. The van der Waals surface area contributed by atoms with Crippen molar-refractivity contribution in [1.82, 2.24) is 9.96 Å². The van der Waals surface area contributed by atoms with Crippen molar-refractivity contribution in [3.05, 3.63) is 34.4 Å². The Hall–Kier alpha value is -1.70. The van der Waals surface area contributed by atoms with E-state index in [0.717, 1.165) is 63.9 Å². The lowest BCUT2D eigenvalue weighted by molar-refractivity contribution is -0.384. The van der Waals surface area contributed by atoms with Crippen LogP contribution in [-0.2, 0) is 4.84 Å². The third kappa shape index (κ3) is 7.24. The molecular weight excluding hydrogens is 368 g/mol. The topological polar surface area (TPSA) is 62.1 Å². The fourth-order valence-corrected chi connectivity index (χ4v) is 4.35. The van der Waals surface area contributed by atoms with Crippen molar-refractivity contribution in [3.63, 3.8) is 0 Å². The predicted molar refractivity (Wildman–Crippen MR) is 116 cm³/mol. The number of hydrogen-bond donors (Lipinski definition) is 0. The smallest absolute Gasteiger partial charge is 0.271 e. The summed E-state index contributed by atoms with van der Waals surface area (Å²) in [6.45, 7) is 6.85. The molecule has 3 rings (SSSR count). The minimum Gasteiger partial charge on any atom is -0.369 e. The molecule has 1 aliphatic carbocycles. The number of nitro groups is 1. The van der Waals surface area contributed by atoms with Gasteiger partial charge in [0.1, 0.15) is 0 Å². The highest BCUT2D eigenvalue weighted by Gasteiger charge is 2.19. The van der Waals surface area contributed by atoms with Crippen molar-refractivity contribution < 1.29 is 9.76 Å². The Kier molecular flexibility index (Phi) is 8.70. The number of hydroxylamine groups is 2. The van der Waals surface area contributed by atoms with Gasteiger partial charge in [-0.3, -0.25) is 19.9 Å². The SMILES string of the molecule is CN(CCCCN1CCN(c2cccc([N+](=O)[O-])c2)CC1)OCC1CCCCC1. The van der Waals surface area contributed by atoms with Gasteiger partial charge in [0.25, 0.3) is 5.69 Å². The first-order valence-electron chi connectivity index (χ1n) is 11.2. The summed E-state index contributed by atoms with van der Waals surface area (Å²) >= 11 is 0. The molecule has 1 aromatic carbocycles. The number of unbranched alkanes of at least 4 members (excludes halogenated alkanes) is 1. The Labute approximate surface area is 174 Å². The number of anilines is 1. The highest BCUT2D eigenvalue weighted by atomic mass is 16.7. The van der Waals surface area contributed by atoms with Crippen LogP contribution in [-0.4, -0.2) is 67.8 Å². The Balaban J connectivity index is 1.27. The number of nitro benzene ring substituents is 1. The third-order valence-electron chi connectivity index (χ3n) is 6.23. The van der Waals surface area contributed by atoms with Crippen LogP contribution < -0.4 is 4.90 Å². The Morgan fingerprint density at radius 2 is 1.90 bits per heavy atom. The van der Waals surface area contributed by atoms with Gasteiger partial charge in [0.15, 0.2) is 0 Å². The molecule has 162 valence electrons.